The van der Waals surface area contributed by atoms with E-state index in [1.54, 1.807) is 0 Å². The first-order valence-corrected chi connectivity index (χ1v) is 48.6. The van der Waals surface area contributed by atoms with Gasteiger partial charge in [-0.1, -0.05) is 420 Å². The number of rotatable bonds is 87. The van der Waals surface area contributed by atoms with Gasteiger partial charge in [-0.25, -0.2) is 9.13 Å². The molecule has 0 aromatic carbocycles. The minimum Gasteiger partial charge on any atom is -0.462 e. The normalized spacial score (nSPS) is 14.3. The molecule has 0 bridgehead atoms. The number of phosphoric ester groups is 2. The minimum absolute atomic E-state index is 0.107. The molecule has 0 rings (SSSR count). The molecule has 0 radical (unpaired) electrons. The molecule has 636 valence electrons. The lowest BCUT2D eigenvalue weighted by Crippen LogP contribution is -2.30. The van der Waals surface area contributed by atoms with Crippen LogP contribution in [0.3, 0.4) is 0 Å². The summed E-state index contributed by atoms with van der Waals surface area (Å²) in [5.74, 6) is -0.525. The molecule has 3 N–H and O–H groups in total. The molecule has 0 aliphatic heterocycles. The van der Waals surface area contributed by atoms with Gasteiger partial charge in [0.25, 0.3) is 0 Å². The lowest BCUT2D eigenvalue weighted by molar-refractivity contribution is -0.161. The number of hydrogen-bond donors (Lipinski definition) is 3. The maximum atomic E-state index is 13.2. The molecule has 0 saturated heterocycles. The highest BCUT2D eigenvalue weighted by Crippen LogP contribution is 2.45. The summed E-state index contributed by atoms with van der Waals surface area (Å²) < 4.78 is 69.0. The second-order valence-corrected chi connectivity index (χ2v) is 35.0. The number of unbranched alkanes of at least 4 members (excludes halogenated alkanes) is 55. The van der Waals surface area contributed by atoms with E-state index in [-0.39, 0.29) is 25.7 Å². The molecule has 0 aliphatic rings. The standard InChI is InChI=1S/C88H172O17P2/c1-7-11-13-15-17-19-21-23-25-27-29-31-33-35-40-44-48-52-60-66-72-87(92)104-83(76-98-85(90)70-64-58-51-47-43-39-34-32-30-28-26-24-22-20-18-16-14-12-8-2)78-102-106(94,95)100-74-82(89)75-101-107(96,97)103-79-84(77-99-86(91)71-65-59-55-54-57-63-69-81(6)10-4)105-88(93)73-67-61-53-49-45-41-37-36-38-42-46-50-56-62-68-80(5)9-3/h80-84,89H,7-79H2,1-6H3,(H,94,95)(H,96,97)/t80?,81?,82-,83-,84-/m1/s1. The number of ether oxygens (including phenoxy) is 4. The largest absolute Gasteiger partial charge is 0.472 e. The summed E-state index contributed by atoms with van der Waals surface area (Å²) in [6.45, 7) is 9.70. The van der Waals surface area contributed by atoms with Gasteiger partial charge in [0.2, 0.25) is 0 Å². The number of aliphatic hydroxyl groups is 1. The van der Waals surface area contributed by atoms with Crippen LogP contribution in [-0.4, -0.2) is 96.7 Å². The topological polar surface area (TPSA) is 237 Å². The third-order valence-electron chi connectivity index (χ3n) is 21.4. The highest BCUT2D eigenvalue weighted by Gasteiger charge is 2.31. The molecular weight excluding hydrogens is 1390 g/mol. The number of aliphatic hydroxyl groups excluding tert-OH is 1. The first kappa shape index (κ1) is 105. The van der Waals surface area contributed by atoms with Crippen molar-refractivity contribution in [2.24, 2.45) is 11.8 Å². The lowest BCUT2D eigenvalue weighted by atomic mass is 9.99. The van der Waals surface area contributed by atoms with Gasteiger partial charge in [0.15, 0.2) is 12.2 Å². The second-order valence-electron chi connectivity index (χ2n) is 32.1. The van der Waals surface area contributed by atoms with E-state index in [9.17, 15) is 43.2 Å². The molecule has 0 spiro atoms. The Morgan fingerprint density at radius 3 is 0.664 bits per heavy atom. The Bertz CT molecular complexity index is 2050. The molecule has 0 amide bonds. The van der Waals surface area contributed by atoms with E-state index >= 15 is 0 Å². The number of carbonyl (C=O) groups excluding carboxylic acids is 4. The SMILES string of the molecule is CCCCCCCCCCCCCCCCCCCCCCC(=O)O[C@H](COC(=O)CCCCCCCCCCCCCCCCCCCCC)COP(=O)(O)OC[C@@H](O)COP(=O)(O)OC[C@@H](COC(=O)CCCCCCCCC(C)CC)OC(=O)CCCCCCCCCCCCCCCCC(C)CC. The summed E-state index contributed by atoms with van der Waals surface area (Å²) in [6, 6.07) is 0. The van der Waals surface area contributed by atoms with Gasteiger partial charge < -0.3 is 33.8 Å². The van der Waals surface area contributed by atoms with Crippen molar-refractivity contribution in [3.05, 3.63) is 0 Å². The van der Waals surface area contributed by atoms with Gasteiger partial charge in [0.1, 0.15) is 19.3 Å². The molecule has 4 unspecified atom stereocenters. The van der Waals surface area contributed by atoms with Gasteiger partial charge in [0.05, 0.1) is 26.4 Å². The monoisotopic (exact) mass is 1560 g/mol. The summed E-state index contributed by atoms with van der Waals surface area (Å²) in [7, 11) is -9.93. The summed E-state index contributed by atoms with van der Waals surface area (Å²) in [5, 5.41) is 10.7. The zero-order chi connectivity index (χ0) is 78.5. The van der Waals surface area contributed by atoms with E-state index in [1.807, 2.05) is 0 Å². The van der Waals surface area contributed by atoms with Crippen LogP contribution in [0.25, 0.3) is 0 Å². The van der Waals surface area contributed by atoms with Crippen molar-refractivity contribution >= 4 is 39.5 Å². The van der Waals surface area contributed by atoms with E-state index in [1.165, 1.54) is 283 Å². The molecule has 0 aromatic rings. The number of esters is 4. The van der Waals surface area contributed by atoms with Gasteiger partial charge in [-0.3, -0.25) is 37.3 Å². The van der Waals surface area contributed by atoms with Crippen LogP contribution < -0.4 is 0 Å². The average Bonchev–Trinajstić information content (AvgIpc) is 0.908. The van der Waals surface area contributed by atoms with Crippen LogP contribution in [0.1, 0.15) is 472 Å². The van der Waals surface area contributed by atoms with Crippen LogP contribution in [-0.2, 0) is 65.4 Å². The van der Waals surface area contributed by atoms with Crippen LogP contribution in [0, 0.1) is 11.8 Å². The van der Waals surface area contributed by atoms with E-state index in [4.69, 9.17) is 37.0 Å². The number of carbonyl (C=O) groups is 4. The van der Waals surface area contributed by atoms with Crippen LogP contribution in [0.2, 0.25) is 0 Å². The van der Waals surface area contributed by atoms with Crippen molar-refractivity contribution in [1.29, 1.82) is 0 Å². The first-order valence-electron chi connectivity index (χ1n) is 45.6. The van der Waals surface area contributed by atoms with E-state index in [2.05, 4.69) is 41.5 Å². The van der Waals surface area contributed by atoms with Crippen LogP contribution >= 0.6 is 15.6 Å². The van der Waals surface area contributed by atoms with Crippen molar-refractivity contribution < 1.29 is 80.2 Å². The third-order valence-corrected chi connectivity index (χ3v) is 23.3. The molecule has 17 nitrogen and oxygen atoms in total. The maximum absolute atomic E-state index is 13.2. The fourth-order valence-electron chi connectivity index (χ4n) is 13.7. The van der Waals surface area contributed by atoms with Crippen molar-refractivity contribution in [2.45, 2.75) is 490 Å². The Balaban J connectivity index is 5.23. The molecule has 0 fully saturated rings. The predicted octanol–water partition coefficient (Wildman–Crippen LogP) is 27.0. The van der Waals surface area contributed by atoms with E-state index < -0.39 is 97.5 Å². The summed E-state index contributed by atoms with van der Waals surface area (Å²) in [6.07, 6.45) is 72.3. The molecule has 107 heavy (non-hydrogen) atoms. The minimum atomic E-state index is -4.97. The van der Waals surface area contributed by atoms with Crippen molar-refractivity contribution in [1.82, 2.24) is 0 Å². The molecule has 0 aliphatic carbocycles. The summed E-state index contributed by atoms with van der Waals surface area (Å²) in [4.78, 5) is 73.3. The molecule has 19 heteroatoms. The quantitative estimate of drug-likeness (QED) is 0.0222. The number of phosphoric acid groups is 2. The van der Waals surface area contributed by atoms with Gasteiger partial charge in [-0.15, -0.1) is 0 Å². The van der Waals surface area contributed by atoms with Crippen molar-refractivity contribution in [3.8, 4) is 0 Å². The van der Waals surface area contributed by atoms with Crippen LogP contribution in [0.15, 0.2) is 0 Å². The zero-order valence-electron chi connectivity index (χ0n) is 70.5. The Kier molecular flexibility index (Phi) is 77.9. The van der Waals surface area contributed by atoms with Gasteiger partial charge >= 0.3 is 39.5 Å². The molecule has 0 heterocycles. The van der Waals surface area contributed by atoms with E-state index in [0.717, 1.165) is 108 Å². The molecule has 0 saturated carbocycles. The fraction of sp³-hybridized carbons (Fsp3) is 0.955. The van der Waals surface area contributed by atoms with Crippen LogP contribution in [0.4, 0.5) is 0 Å². The molecule has 7 atom stereocenters. The van der Waals surface area contributed by atoms with Crippen LogP contribution in [0.5, 0.6) is 0 Å². The zero-order valence-corrected chi connectivity index (χ0v) is 72.2. The maximum Gasteiger partial charge on any atom is 0.472 e. The van der Waals surface area contributed by atoms with Gasteiger partial charge in [-0.05, 0) is 37.5 Å². The average molecular weight is 1560 g/mol. The second kappa shape index (κ2) is 79.3. The van der Waals surface area contributed by atoms with Gasteiger partial charge in [0, 0.05) is 25.7 Å². The highest BCUT2D eigenvalue weighted by molar-refractivity contribution is 7.47. The Morgan fingerprint density at radius 2 is 0.449 bits per heavy atom. The van der Waals surface area contributed by atoms with Gasteiger partial charge in [-0.2, -0.15) is 0 Å². The Hall–Kier alpha value is -1.94. The van der Waals surface area contributed by atoms with Crippen molar-refractivity contribution in [3.63, 3.8) is 0 Å². The van der Waals surface area contributed by atoms with E-state index in [0.29, 0.717) is 25.7 Å². The summed E-state index contributed by atoms with van der Waals surface area (Å²) in [5.41, 5.74) is 0. The fourth-order valence-corrected chi connectivity index (χ4v) is 15.3. The smallest absolute Gasteiger partial charge is 0.462 e. The predicted molar refractivity (Wildman–Crippen MR) is 442 cm³/mol. The highest BCUT2D eigenvalue weighted by atomic mass is 31.2. The Morgan fingerprint density at radius 1 is 0.262 bits per heavy atom. The molecule has 0 aromatic heterocycles. The Labute approximate surface area is 658 Å². The lowest BCUT2D eigenvalue weighted by Gasteiger charge is -2.21. The van der Waals surface area contributed by atoms with Crippen molar-refractivity contribution in [2.75, 3.05) is 39.6 Å². The molecular formula is C88H172O17P2. The third kappa shape index (κ3) is 79.1. The first-order chi connectivity index (χ1) is 51.9. The summed E-state index contributed by atoms with van der Waals surface area (Å²) >= 11 is 0. The number of hydrogen-bond acceptors (Lipinski definition) is 15.